The molecule has 1 amide bonds. The first kappa shape index (κ1) is 20.1. The normalized spacial score (nSPS) is 11.4. The molecule has 0 saturated carbocycles. The van der Waals surface area contributed by atoms with Crippen LogP contribution in [0.25, 0.3) is 22.0 Å². The number of rotatable bonds is 6. The van der Waals surface area contributed by atoms with Crippen LogP contribution >= 0.6 is 0 Å². The van der Waals surface area contributed by atoms with Crippen LogP contribution in [0.3, 0.4) is 0 Å². The van der Waals surface area contributed by atoms with Gasteiger partial charge in [-0.3, -0.25) is 9.59 Å². The molecule has 0 aromatic carbocycles. The van der Waals surface area contributed by atoms with Crippen LogP contribution in [0.1, 0.15) is 24.3 Å². The summed E-state index contributed by atoms with van der Waals surface area (Å²) in [5.41, 5.74) is 0.975. The van der Waals surface area contributed by atoms with Crippen molar-refractivity contribution in [2.45, 2.75) is 13.8 Å². The first-order valence-electron chi connectivity index (χ1n) is 8.84. The Kier molecular flexibility index (Phi) is 5.15. The Morgan fingerprint density at radius 2 is 1.97 bits per heavy atom. The zero-order valence-electron chi connectivity index (χ0n) is 16.6. The van der Waals surface area contributed by atoms with Crippen molar-refractivity contribution >= 4 is 22.8 Å². The second-order valence-corrected chi connectivity index (χ2v) is 7.36. The molecule has 29 heavy (non-hydrogen) atoms. The van der Waals surface area contributed by atoms with Crippen LogP contribution in [0.4, 0.5) is 0 Å². The number of ether oxygens (including phenoxy) is 1. The van der Waals surface area contributed by atoms with Crippen molar-refractivity contribution in [2.75, 3.05) is 13.7 Å². The molecule has 0 saturated heterocycles. The smallest absolute Gasteiger partial charge is 0.310 e. The van der Waals surface area contributed by atoms with Crippen molar-refractivity contribution in [1.29, 1.82) is 0 Å². The Hall–Kier alpha value is -3.62. The van der Waals surface area contributed by atoms with Crippen molar-refractivity contribution < 1.29 is 24.5 Å². The molecule has 3 N–H and O–H groups in total. The molecule has 0 radical (unpaired) electrons. The molecule has 0 aliphatic rings. The van der Waals surface area contributed by atoms with Gasteiger partial charge in [0.1, 0.15) is 5.75 Å². The number of aromatic nitrogens is 3. The quantitative estimate of drug-likeness (QED) is 0.581. The molecule has 3 heterocycles. The molecule has 0 aliphatic carbocycles. The van der Waals surface area contributed by atoms with Crippen LogP contribution in [0.2, 0.25) is 0 Å². The molecule has 3 rings (SSSR count). The molecule has 0 atom stereocenters. The molecule has 152 valence electrons. The van der Waals surface area contributed by atoms with Gasteiger partial charge in [0.2, 0.25) is 5.88 Å². The number of aromatic hydroxyl groups is 1. The van der Waals surface area contributed by atoms with E-state index in [1.165, 1.54) is 33.2 Å². The Morgan fingerprint density at radius 1 is 1.24 bits per heavy atom. The minimum absolute atomic E-state index is 0.0971. The lowest BCUT2D eigenvalue weighted by molar-refractivity contribution is -0.146. The van der Waals surface area contributed by atoms with E-state index in [0.717, 1.165) is 16.5 Å². The lowest BCUT2D eigenvalue weighted by Crippen LogP contribution is -2.39. The van der Waals surface area contributed by atoms with E-state index in [-0.39, 0.29) is 18.0 Å². The molecule has 0 unspecified atom stereocenters. The molecule has 9 heteroatoms. The second kappa shape index (κ2) is 7.42. The third-order valence-corrected chi connectivity index (χ3v) is 4.72. The Bertz CT molecular complexity index is 1100. The van der Waals surface area contributed by atoms with Crippen LogP contribution in [-0.4, -0.2) is 50.3 Å². The number of carboxylic acids is 1. The minimum atomic E-state index is -1.14. The van der Waals surface area contributed by atoms with E-state index in [2.05, 4.69) is 15.3 Å². The van der Waals surface area contributed by atoms with Gasteiger partial charge >= 0.3 is 5.97 Å². The van der Waals surface area contributed by atoms with Crippen LogP contribution in [0.15, 0.2) is 30.7 Å². The van der Waals surface area contributed by atoms with E-state index in [1.807, 2.05) is 17.8 Å². The average molecular weight is 398 g/mol. The fourth-order valence-electron chi connectivity index (χ4n) is 2.84. The van der Waals surface area contributed by atoms with Gasteiger partial charge < -0.3 is 24.8 Å². The lowest BCUT2D eigenvalue weighted by Gasteiger charge is -2.19. The fourth-order valence-corrected chi connectivity index (χ4v) is 2.84. The van der Waals surface area contributed by atoms with Gasteiger partial charge in [0.25, 0.3) is 5.91 Å². The number of hydrogen-bond donors (Lipinski definition) is 3. The Labute approximate surface area is 167 Å². The number of amides is 1. The molecule has 0 fully saturated rings. The largest absolute Gasteiger partial charge is 0.505 e. The summed E-state index contributed by atoms with van der Waals surface area (Å²) in [6.07, 6.45) is 5.05. The topological polar surface area (TPSA) is 127 Å². The molecule has 0 spiro atoms. The van der Waals surface area contributed by atoms with Crippen molar-refractivity contribution in [3.63, 3.8) is 0 Å². The van der Waals surface area contributed by atoms with E-state index < -0.39 is 17.3 Å². The van der Waals surface area contributed by atoms with Gasteiger partial charge in [-0.25, -0.2) is 9.97 Å². The van der Waals surface area contributed by atoms with Gasteiger partial charge in [0.15, 0.2) is 5.69 Å². The number of nitrogens with one attached hydrogen (secondary N) is 1. The number of methoxy groups -OCH3 is 1. The summed E-state index contributed by atoms with van der Waals surface area (Å²) in [5.74, 6) is -1.52. The van der Waals surface area contributed by atoms with Crippen molar-refractivity contribution in [2.24, 2.45) is 12.5 Å². The number of carbonyl (C=O) groups is 2. The highest BCUT2D eigenvalue weighted by Crippen LogP contribution is 2.33. The molecular weight excluding hydrogens is 376 g/mol. The summed E-state index contributed by atoms with van der Waals surface area (Å²) in [6.45, 7) is 2.89. The van der Waals surface area contributed by atoms with Gasteiger partial charge in [0.05, 0.1) is 24.2 Å². The summed E-state index contributed by atoms with van der Waals surface area (Å²) in [4.78, 5) is 31.8. The molecule has 9 nitrogen and oxygen atoms in total. The maximum Gasteiger partial charge on any atom is 0.310 e. The zero-order chi connectivity index (χ0) is 21.3. The highest BCUT2D eigenvalue weighted by molar-refractivity contribution is 5.98. The van der Waals surface area contributed by atoms with Crippen LogP contribution in [0.5, 0.6) is 11.6 Å². The van der Waals surface area contributed by atoms with Gasteiger partial charge in [-0.2, -0.15) is 0 Å². The molecule has 3 aromatic rings. The van der Waals surface area contributed by atoms with E-state index in [4.69, 9.17) is 9.84 Å². The van der Waals surface area contributed by atoms with Crippen LogP contribution < -0.4 is 10.1 Å². The maximum atomic E-state index is 12.3. The fraction of sp³-hybridized carbons (Fsp3) is 0.300. The molecule has 3 aromatic heterocycles. The number of nitrogens with zero attached hydrogens (tertiary/aromatic N) is 3. The number of pyridine rings is 2. The predicted octanol–water partition coefficient (Wildman–Crippen LogP) is 2.19. The predicted molar refractivity (Wildman–Crippen MR) is 106 cm³/mol. The number of hydrogen-bond acceptors (Lipinski definition) is 6. The average Bonchev–Trinajstić information content (AvgIpc) is 3.02. The van der Waals surface area contributed by atoms with E-state index in [0.29, 0.717) is 11.4 Å². The maximum absolute atomic E-state index is 12.3. The first-order chi connectivity index (χ1) is 13.6. The summed E-state index contributed by atoms with van der Waals surface area (Å²) in [7, 11) is 3.41. The third kappa shape index (κ3) is 3.84. The van der Waals surface area contributed by atoms with E-state index >= 15 is 0 Å². The van der Waals surface area contributed by atoms with Gasteiger partial charge in [-0.1, -0.05) is 0 Å². The van der Waals surface area contributed by atoms with E-state index in [9.17, 15) is 14.7 Å². The second-order valence-electron chi connectivity index (χ2n) is 7.36. The highest BCUT2D eigenvalue weighted by atomic mass is 16.5. The SMILES string of the molecule is COc1cc2c(-c3cnc(C(=O)NCC(C)(C)C(=O)O)c(O)c3)cn(C)c2cn1. The number of carboxylic acid groups (broad SMARTS) is 1. The number of aryl methyl sites for hydroxylation is 1. The standard InChI is InChI=1S/C20H22N4O5/c1-20(2,19(27)28)10-23-18(26)17-15(25)5-11(7-22-17)13-9-24(3)14-8-21-16(29-4)6-12(13)14/h5-9,25H,10H2,1-4H3,(H,23,26)(H,27,28). The van der Waals surface area contributed by atoms with Crippen molar-refractivity contribution in [3.05, 3.63) is 36.4 Å². The van der Waals surface area contributed by atoms with E-state index in [1.54, 1.807) is 12.3 Å². The lowest BCUT2D eigenvalue weighted by atomic mass is 9.94. The Morgan fingerprint density at radius 3 is 2.59 bits per heavy atom. The molecular formula is C20H22N4O5. The molecule has 0 aliphatic heterocycles. The highest BCUT2D eigenvalue weighted by Gasteiger charge is 2.28. The minimum Gasteiger partial charge on any atom is -0.505 e. The van der Waals surface area contributed by atoms with Crippen molar-refractivity contribution in [3.8, 4) is 22.8 Å². The summed E-state index contributed by atoms with van der Waals surface area (Å²) >= 11 is 0. The van der Waals surface area contributed by atoms with Crippen LogP contribution in [0, 0.1) is 5.41 Å². The number of aliphatic carboxylic acids is 1. The van der Waals surface area contributed by atoms with Crippen molar-refractivity contribution in [1.82, 2.24) is 19.9 Å². The molecule has 0 bridgehead atoms. The first-order valence-corrected chi connectivity index (χ1v) is 8.84. The van der Waals surface area contributed by atoms with Gasteiger partial charge in [-0.05, 0) is 19.9 Å². The zero-order valence-corrected chi connectivity index (χ0v) is 16.6. The Balaban J connectivity index is 1.91. The summed E-state index contributed by atoms with van der Waals surface area (Å²) in [5, 5.41) is 22.9. The van der Waals surface area contributed by atoms with Crippen LogP contribution in [-0.2, 0) is 11.8 Å². The monoisotopic (exact) mass is 398 g/mol. The van der Waals surface area contributed by atoms with Gasteiger partial charge in [0, 0.05) is 48.6 Å². The third-order valence-electron chi connectivity index (χ3n) is 4.72. The summed E-state index contributed by atoms with van der Waals surface area (Å²) < 4.78 is 7.08. The summed E-state index contributed by atoms with van der Waals surface area (Å²) in [6, 6.07) is 3.24. The van der Waals surface area contributed by atoms with Gasteiger partial charge in [-0.15, -0.1) is 0 Å². The number of fused-ring (bicyclic) bond motifs is 1. The number of carbonyl (C=O) groups excluding carboxylic acids is 1.